The van der Waals surface area contributed by atoms with E-state index in [1.807, 2.05) is 43.3 Å². The number of aliphatic imine (C=N–C) groups is 1. The Morgan fingerprint density at radius 1 is 1.09 bits per heavy atom. The number of amidine groups is 3. The third-order valence-electron chi connectivity index (χ3n) is 6.04. The fraction of sp³-hybridized carbons (Fsp3) is 0.308. The number of carbonyl (C=O) groups is 1. The fourth-order valence-electron chi connectivity index (χ4n) is 4.11. The van der Waals surface area contributed by atoms with Crippen LogP contribution >= 0.6 is 11.8 Å². The molecule has 2 aromatic rings. The molecule has 9 heteroatoms. The van der Waals surface area contributed by atoms with Gasteiger partial charge < -0.3 is 14.4 Å². The lowest BCUT2D eigenvalue weighted by atomic mass is 10.1. The average Bonchev–Trinajstić information content (AvgIpc) is 3.53. The molecule has 0 bridgehead atoms. The summed E-state index contributed by atoms with van der Waals surface area (Å²) in [6, 6.07) is 13.6. The lowest BCUT2D eigenvalue weighted by Gasteiger charge is -2.20. The summed E-state index contributed by atoms with van der Waals surface area (Å²) in [5.41, 5.74) is 3.18. The number of fused-ring (bicyclic) bond motifs is 1. The summed E-state index contributed by atoms with van der Waals surface area (Å²) in [7, 11) is 0. The van der Waals surface area contributed by atoms with Gasteiger partial charge in [-0.2, -0.15) is 10.0 Å². The van der Waals surface area contributed by atoms with Gasteiger partial charge in [-0.15, -0.1) is 5.10 Å². The number of hydrogen-bond donors (Lipinski definition) is 1. The van der Waals surface area contributed by atoms with Gasteiger partial charge in [-0.25, -0.2) is 0 Å². The molecule has 1 fully saturated rings. The molecule has 2 aromatic carbocycles. The maximum absolute atomic E-state index is 12.8. The molecule has 5 rings (SSSR count). The molecule has 35 heavy (non-hydrogen) atoms. The van der Waals surface area contributed by atoms with Crippen molar-refractivity contribution in [3.05, 3.63) is 64.7 Å². The Balaban J connectivity index is 1.37. The van der Waals surface area contributed by atoms with Gasteiger partial charge in [-0.3, -0.25) is 10.2 Å². The van der Waals surface area contributed by atoms with Crippen molar-refractivity contribution < 1.29 is 14.3 Å². The first-order valence-electron chi connectivity index (χ1n) is 11.7. The Hall–Kier alpha value is -3.59. The summed E-state index contributed by atoms with van der Waals surface area (Å²) >= 11 is 1.35. The summed E-state index contributed by atoms with van der Waals surface area (Å²) in [5.74, 6) is 0.794. The van der Waals surface area contributed by atoms with E-state index in [4.69, 9.17) is 14.9 Å². The second kappa shape index (κ2) is 9.95. The molecule has 0 spiro atoms. The molecule has 0 radical (unpaired) electrons. The third kappa shape index (κ3) is 4.81. The highest BCUT2D eigenvalue weighted by atomic mass is 32.2. The fourth-order valence-corrected chi connectivity index (χ4v) is 5.06. The van der Waals surface area contributed by atoms with Crippen LogP contribution in [0.25, 0.3) is 6.08 Å². The maximum atomic E-state index is 12.8. The van der Waals surface area contributed by atoms with E-state index in [0.717, 1.165) is 47.8 Å². The van der Waals surface area contributed by atoms with E-state index in [1.165, 1.54) is 16.8 Å². The van der Waals surface area contributed by atoms with Crippen molar-refractivity contribution in [3.63, 3.8) is 0 Å². The number of hydrogen-bond acceptors (Lipinski definition) is 7. The van der Waals surface area contributed by atoms with Crippen molar-refractivity contribution >= 4 is 39.9 Å². The number of amides is 1. The van der Waals surface area contributed by atoms with Crippen LogP contribution in [-0.2, 0) is 11.4 Å². The van der Waals surface area contributed by atoms with Gasteiger partial charge >= 0.3 is 0 Å². The first kappa shape index (κ1) is 23.2. The van der Waals surface area contributed by atoms with Crippen LogP contribution in [0, 0.1) is 12.3 Å². The van der Waals surface area contributed by atoms with Gasteiger partial charge in [-0.1, -0.05) is 30.3 Å². The van der Waals surface area contributed by atoms with Crippen LogP contribution in [0.4, 0.5) is 0 Å². The van der Waals surface area contributed by atoms with E-state index < -0.39 is 5.91 Å². The van der Waals surface area contributed by atoms with Gasteiger partial charge in [0.15, 0.2) is 22.5 Å². The number of nitrogens with zero attached hydrogens (tertiary/aromatic N) is 4. The van der Waals surface area contributed by atoms with Crippen LogP contribution in [-0.4, -0.2) is 51.7 Å². The minimum Gasteiger partial charge on any atom is -0.490 e. The Morgan fingerprint density at radius 2 is 1.89 bits per heavy atom. The van der Waals surface area contributed by atoms with Gasteiger partial charge in [0.2, 0.25) is 5.17 Å². The quantitative estimate of drug-likeness (QED) is 0.595. The van der Waals surface area contributed by atoms with Crippen molar-refractivity contribution in [2.45, 2.75) is 33.3 Å². The van der Waals surface area contributed by atoms with Crippen LogP contribution in [0.5, 0.6) is 11.5 Å². The van der Waals surface area contributed by atoms with E-state index in [0.29, 0.717) is 29.9 Å². The van der Waals surface area contributed by atoms with Crippen molar-refractivity contribution in [1.29, 1.82) is 5.41 Å². The van der Waals surface area contributed by atoms with Crippen LogP contribution in [0.1, 0.15) is 36.5 Å². The van der Waals surface area contributed by atoms with E-state index in [-0.39, 0.29) is 11.4 Å². The number of aryl methyl sites for hydroxylation is 1. The Bertz CT molecular complexity index is 1260. The number of rotatable bonds is 6. The normalized spacial score (nSPS) is 18.6. The predicted octanol–water partition coefficient (Wildman–Crippen LogP) is 4.65. The number of benzene rings is 2. The van der Waals surface area contributed by atoms with Gasteiger partial charge in [0.05, 0.1) is 12.2 Å². The van der Waals surface area contributed by atoms with E-state index in [1.54, 1.807) is 6.08 Å². The summed E-state index contributed by atoms with van der Waals surface area (Å²) < 4.78 is 11.9. The third-order valence-corrected chi connectivity index (χ3v) is 7.01. The Labute approximate surface area is 208 Å². The average molecular weight is 490 g/mol. The van der Waals surface area contributed by atoms with Crippen molar-refractivity contribution in [1.82, 2.24) is 9.91 Å². The molecule has 3 aliphatic rings. The minimum atomic E-state index is -0.440. The molecule has 180 valence electrons. The Kier molecular flexibility index (Phi) is 6.59. The van der Waals surface area contributed by atoms with Gasteiger partial charge in [0.25, 0.3) is 5.91 Å². The molecule has 0 aliphatic carbocycles. The Morgan fingerprint density at radius 3 is 2.66 bits per heavy atom. The summed E-state index contributed by atoms with van der Waals surface area (Å²) in [6.07, 6.45) is 3.91. The molecule has 3 aliphatic heterocycles. The molecule has 1 amide bonds. The van der Waals surface area contributed by atoms with Crippen LogP contribution in [0.3, 0.4) is 0 Å². The summed E-state index contributed by atoms with van der Waals surface area (Å²) in [5, 5.41) is 15.9. The molecule has 0 aromatic heterocycles. The zero-order chi connectivity index (χ0) is 24.4. The molecule has 3 heterocycles. The van der Waals surface area contributed by atoms with Crippen LogP contribution in [0.15, 0.2) is 58.1 Å². The zero-order valence-electron chi connectivity index (χ0n) is 19.8. The monoisotopic (exact) mass is 489 g/mol. The molecular formula is C26H27N5O3S. The summed E-state index contributed by atoms with van der Waals surface area (Å²) in [4.78, 5) is 19.2. The van der Waals surface area contributed by atoms with E-state index in [9.17, 15) is 4.79 Å². The molecule has 1 saturated heterocycles. The van der Waals surface area contributed by atoms with E-state index >= 15 is 0 Å². The van der Waals surface area contributed by atoms with Crippen LogP contribution < -0.4 is 9.47 Å². The standard InChI is InChI=1S/C26H27N5O3S/c1-3-33-22-15-18(10-11-21(22)34-16-19-9-5-4-8-17(19)2)14-20-23(27)31-25(28-24(20)32)35-26(29-31)30-12-6-7-13-30/h4-5,8-11,14-15,27H,3,6-7,12-13,16H2,1-2H3/b20-14-,27-23?. The number of nitrogens with one attached hydrogen (secondary N) is 1. The molecule has 8 nitrogen and oxygen atoms in total. The lowest BCUT2D eigenvalue weighted by Crippen LogP contribution is -2.35. The first-order chi connectivity index (χ1) is 17.0. The highest BCUT2D eigenvalue weighted by Gasteiger charge is 2.37. The van der Waals surface area contributed by atoms with Crippen molar-refractivity contribution in [2.75, 3.05) is 19.7 Å². The van der Waals surface area contributed by atoms with Gasteiger partial charge in [-0.05, 0) is 73.4 Å². The molecule has 0 unspecified atom stereocenters. The SMILES string of the molecule is CCOc1cc(/C=C2/C(=N)N3N=C(N4CCCC4)SC3=NC2=O)ccc1OCc1ccccc1C. The van der Waals surface area contributed by atoms with Crippen molar-refractivity contribution in [2.24, 2.45) is 10.1 Å². The minimum absolute atomic E-state index is 0.0273. The second-order valence-corrected chi connectivity index (χ2v) is 9.39. The number of thioether (sulfide) groups is 1. The largest absolute Gasteiger partial charge is 0.490 e. The van der Waals surface area contributed by atoms with Crippen molar-refractivity contribution in [3.8, 4) is 11.5 Å². The summed E-state index contributed by atoms with van der Waals surface area (Å²) in [6.45, 7) is 6.75. The highest BCUT2D eigenvalue weighted by Crippen LogP contribution is 2.33. The number of likely N-dealkylation sites (tertiary alicyclic amines) is 1. The van der Waals surface area contributed by atoms with Gasteiger partial charge in [0, 0.05) is 13.1 Å². The van der Waals surface area contributed by atoms with E-state index in [2.05, 4.69) is 28.0 Å². The zero-order valence-corrected chi connectivity index (χ0v) is 20.6. The molecular weight excluding hydrogens is 462 g/mol. The smallest absolute Gasteiger partial charge is 0.283 e. The number of hydrazone groups is 1. The maximum Gasteiger partial charge on any atom is 0.283 e. The number of ether oxygens (including phenoxy) is 2. The van der Waals surface area contributed by atoms with Gasteiger partial charge in [0.1, 0.15) is 6.61 Å². The lowest BCUT2D eigenvalue weighted by molar-refractivity contribution is -0.114. The molecule has 0 saturated carbocycles. The topological polar surface area (TPSA) is 90.6 Å². The molecule has 1 N–H and O–H groups in total. The predicted molar refractivity (Wildman–Crippen MR) is 139 cm³/mol. The second-order valence-electron chi connectivity index (χ2n) is 8.45. The molecule has 0 atom stereocenters. The van der Waals surface area contributed by atoms with Crippen LogP contribution in [0.2, 0.25) is 0 Å². The highest BCUT2D eigenvalue weighted by molar-refractivity contribution is 8.26. The number of carbonyl (C=O) groups excluding carboxylic acids is 1. The first-order valence-corrected chi connectivity index (χ1v) is 12.5.